The quantitative estimate of drug-likeness (QED) is 0.814. The number of esters is 1. The summed E-state index contributed by atoms with van der Waals surface area (Å²) in [5.41, 5.74) is 8.65. The van der Waals surface area contributed by atoms with Crippen molar-refractivity contribution in [3.05, 3.63) is 34.9 Å². The van der Waals surface area contributed by atoms with E-state index in [-0.39, 0.29) is 24.3 Å². The average molecular weight is 356 g/mol. The van der Waals surface area contributed by atoms with Gasteiger partial charge in [-0.25, -0.2) is 4.79 Å². The molecule has 3 rings (SSSR count). The molecule has 0 amide bonds. The van der Waals surface area contributed by atoms with E-state index in [1.807, 2.05) is 12.1 Å². The molecule has 3 N–H and O–H groups in total. The molecule has 2 aliphatic rings. The number of rotatable bonds is 4. The van der Waals surface area contributed by atoms with Gasteiger partial charge < -0.3 is 15.8 Å². The van der Waals surface area contributed by atoms with E-state index >= 15 is 0 Å². The molecule has 0 radical (unpaired) electrons. The second-order valence-electron chi connectivity index (χ2n) is 7.19. The number of ether oxygens (including phenoxy) is 1. The van der Waals surface area contributed by atoms with Crippen LogP contribution in [0, 0.1) is 11.8 Å². The van der Waals surface area contributed by atoms with Crippen molar-refractivity contribution >= 4 is 5.97 Å². The Labute approximate surface area is 144 Å². The third-order valence-electron chi connectivity index (χ3n) is 5.70. The van der Waals surface area contributed by atoms with E-state index in [9.17, 15) is 18.0 Å². The van der Waals surface area contributed by atoms with Crippen LogP contribution in [-0.4, -0.2) is 37.9 Å². The molecule has 3 atom stereocenters. The lowest BCUT2D eigenvalue weighted by Gasteiger charge is -2.35. The van der Waals surface area contributed by atoms with Gasteiger partial charge in [-0.3, -0.25) is 0 Å². The molecule has 1 saturated carbocycles. The topological polar surface area (TPSA) is 64.3 Å². The maximum absolute atomic E-state index is 12.4. The Balaban J connectivity index is 1.79. The van der Waals surface area contributed by atoms with Crippen LogP contribution >= 0.6 is 0 Å². The van der Waals surface area contributed by atoms with Gasteiger partial charge in [-0.05, 0) is 60.8 Å². The largest absolute Gasteiger partial charge is 0.465 e. The molecule has 2 aliphatic carbocycles. The van der Waals surface area contributed by atoms with Crippen molar-refractivity contribution < 1.29 is 22.7 Å². The number of alkyl halides is 3. The zero-order valence-electron chi connectivity index (χ0n) is 14.2. The first-order valence-electron chi connectivity index (χ1n) is 8.49. The van der Waals surface area contributed by atoms with E-state index < -0.39 is 18.3 Å². The smallest absolute Gasteiger partial charge is 0.401 e. The zero-order chi connectivity index (χ0) is 18.2. The van der Waals surface area contributed by atoms with Crippen molar-refractivity contribution in [1.82, 2.24) is 5.32 Å². The van der Waals surface area contributed by atoms with E-state index in [0.29, 0.717) is 12.0 Å². The summed E-state index contributed by atoms with van der Waals surface area (Å²) in [6, 6.07) is 5.50. The molecule has 1 fully saturated rings. The van der Waals surface area contributed by atoms with Crippen LogP contribution in [0.4, 0.5) is 13.2 Å². The minimum atomic E-state index is -4.24. The fraction of sp³-hybridized carbons (Fsp3) is 0.611. The maximum atomic E-state index is 12.4. The highest BCUT2D eigenvalue weighted by atomic mass is 19.4. The Kier molecular flexibility index (Phi) is 4.81. The van der Waals surface area contributed by atoms with Crippen LogP contribution in [0.25, 0.3) is 0 Å². The van der Waals surface area contributed by atoms with Crippen molar-refractivity contribution in [3.63, 3.8) is 0 Å². The number of benzene rings is 1. The number of hydrogen-bond donors (Lipinski definition) is 2. The van der Waals surface area contributed by atoms with Gasteiger partial charge >= 0.3 is 12.1 Å². The van der Waals surface area contributed by atoms with Crippen LogP contribution in [0.15, 0.2) is 18.2 Å². The van der Waals surface area contributed by atoms with E-state index in [4.69, 9.17) is 10.5 Å². The number of halogens is 3. The standard InChI is InChI=1S/C18H23F3N2O2/c1-25-16(24)12-3-2-11-7-14-4-5-15(8-13(11)6-12)17(14,22)9-23-10-18(19,20)21/h2-3,6,14-15,23H,4-5,7-10,22H2,1H3. The Morgan fingerprint density at radius 3 is 2.52 bits per heavy atom. The summed E-state index contributed by atoms with van der Waals surface area (Å²) in [6.07, 6.45) is -0.999. The Bertz CT molecular complexity index is 662. The normalized spacial score (nSPS) is 28.4. The molecule has 0 aliphatic heterocycles. The summed E-state index contributed by atoms with van der Waals surface area (Å²) < 4.78 is 42.1. The third kappa shape index (κ3) is 3.67. The Morgan fingerprint density at radius 2 is 1.92 bits per heavy atom. The fourth-order valence-electron chi connectivity index (χ4n) is 4.36. The van der Waals surface area contributed by atoms with E-state index in [1.54, 1.807) is 6.07 Å². The Morgan fingerprint density at radius 1 is 1.28 bits per heavy atom. The number of methoxy groups -OCH3 is 1. The lowest BCUT2D eigenvalue weighted by molar-refractivity contribution is -0.125. The molecular weight excluding hydrogens is 333 g/mol. The molecule has 0 aromatic heterocycles. The first kappa shape index (κ1) is 18.2. The third-order valence-corrected chi connectivity index (χ3v) is 5.70. The number of hydrogen-bond acceptors (Lipinski definition) is 4. The van der Waals surface area contributed by atoms with Crippen LogP contribution in [0.2, 0.25) is 0 Å². The molecule has 1 aromatic carbocycles. The van der Waals surface area contributed by atoms with Crippen molar-refractivity contribution in [2.75, 3.05) is 20.2 Å². The number of carbonyl (C=O) groups is 1. The van der Waals surface area contributed by atoms with E-state index in [2.05, 4.69) is 5.32 Å². The summed E-state index contributed by atoms with van der Waals surface area (Å²) in [6.45, 7) is -0.871. The van der Waals surface area contributed by atoms with Crippen molar-refractivity contribution in [1.29, 1.82) is 0 Å². The SMILES string of the molecule is COC(=O)c1ccc2c(c1)CC1CCC(C2)C1(N)CNCC(F)(F)F. The van der Waals surface area contributed by atoms with Crippen molar-refractivity contribution in [2.45, 2.75) is 37.4 Å². The molecule has 1 aromatic rings. The van der Waals surface area contributed by atoms with Gasteiger partial charge in [0, 0.05) is 12.1 Å². The van der Waals surface area contributed by atoms with Crippen molar-refractivity contribution in [3.8, 4) is 0 Å². The van der Waals surface area contributed by atoms with Crippen LogP contribution in [0.1, 0.15) is 34.3 Å². The number of nitrogens with two attached hydrogens (primary N) is 1. The summed E-state index contributed by atoms with van der Waals surface area (Å²) >= 11 is 0. The molecule has 3 unspecified atom stereocenters. The van der Waals surface area contributed by atoms with Crippen LogP contribution in [-0.2, 0) is 17.6 Å². The number of carbonyl (C=O) groups excluding carboxylic acids is 1. The van der Waals surface area contributed by atoms with Gasteiger partial charge in [0.25, 0.3) is 0 Å². The molecular formula is C18H23F3N2O2. The molecule has 138 valence electrons. The zero-order valence-corrected chi connectivity index (χ0v) is 14.2. The lowest BCUT2D eigenvalue weighted by atomic mass is 9.79. The summed E-state index contributed by atoms with van der Waals surface area (Å²) in [5, 5.41) is 2.51. The molecule has 2 bridgehead atoms. The summed E-state index contributed by atoms with van der Waals surface area (Å²) in [4.78, 5) is 11.7. The molecule has 25 heavy (non-hydrogen) atoms. The predicted molar refractivity (Wildman–Crippen MR) is 87.2 cm³/mol. The highest BCUT2D eigenvalue weighted by Crippen LogP contribution is 2.45. The van der Waals surface area contributed by atoms with Gasteiger partial charge in [0.1, 0.15) is 0 Å². The van der Waals surface area contributed by atoms with Gasteiger partial charge in [-0.1, -0.05) is 6.07 Å². The van der Waals surface area contributed by atoms with E-state index in [1.165, 1.54) is 7.11 Å². The molecule has 7 heteroatoms. The monoisotopic (exact) mass is 356 g/mol. The van der Waals surface area contributed by atoms with Gasteiger partial charge in [-0.2, -0.15) is 13.2 Å². The van der Waals surface area contributed by atoms with Gasteiger partial charge in [0.05, 0.1) is 19.2 Å². The average Bonchev–Trinajstić information content (AvgIpc) is 2.75. The second-order valence-corrected chi connectivity index (χ2v) is 7.19. The first-order chi connectivity index (χ1) is 11.7. The Hall–Kier alpha value is -1.60. The summed E-state index contributed by atoms with van der Waals surface area (Å²) in [7, 11) is 1.34. The first-order valence-corrected chi connectivity index (χ1v) is 8.49. The van der Waals surface area contributed by atoms with Crippen LogP contribution < -0.4 is 11.1 Å². The van der Waals surface area contributed by atoms with Gasteiger partial charge in [0.2, 0.25) is 0 Å². The number of fused-ring (bicyclic) bond motifs is 3. The fourth-order valence-corrected chi connectivity index (χ4v) is 4.36. The van der Waals surface area contributed by atoms with Crippen molar-refractivity contribution in [2.24, 2.45) is 17.6 Å². The highest BCUT2D eigenvalue weighted by Gasteiger charge is 2.49. The van der Waals surface area contributed by atoms with Gasteiger partial charge in [-0.15, -0.1) is 0 Å². The lowest BCUT2D eigenvalue weighted by Crippen LogP contribution is -2.57. The summed E-state index contributed by atoms with van der Waals surface area (Å²) in [5.74, 6) is -0.140. The molecule has 0 spiro atoms. The molecule has 0 saturated heterocycles. The van der Waals surface area contributed by atoms with E-state index in [0.717, 1.165) is 30.4 Å². The molecule has 4 nitrogen and oxygen atoms in total. The second kappa shape index (κ2) is 6.61. The molecule has 0 heterocycles. The maximum Gasteiger partial charge on any atom is 0.401 e. The minimum Gasteiger partial charge on any atom is -0.465 e. The van der Waals surface area contributed by atoms with Gasteiger partial charge in [0.15, 0.2) is 0 Å². The van der Waals surface area contributed by atoms with Crippen LogP contribution in [0.5, 0.6) is 0 Å². The highest BCUT2D eigenvalue weighted by molar-refractivity contribution is 5.89. The minimum absolute atomic E-state index is 0.104. The van der Waals surface area contributed by atoms with Crippen LogP contribution in [0.3, 0.4) is 0 Å². The number of nitrogens with one attached hydrogen (secondary N) is 1. The predicted octanol–water partition coefficient (Wildman–Crippen LogP) is 2.45.